The summed E-state index contributed by atoms with van der Waals surface area (Å²) < 4.78 is 0. The van der Waals surface area contributed by atoms with Gasteiger partial charge in [0.2, 0.25) is 0 Å². The van der Waals surface area contributed by atoms with Gasteiger partial charge < -0.3 is 10.4 Å². The lowest BCUT2D eigenvalue weighted by molar-refractivity contribution is -0.137. The van der Waals surface area contributed by atoms with Crippen LogP contribution < -0.4 is 5.32 Å². The Balaban J connectivity index is 1.99. The Hall–Kier alpha value is -0.610. The Morgan fingerprint density at radius 3 is 2.53 bits per heavy atom. The second-order valence-corrected chi connectivity index (χ2v) is 6.19. The third kappa shape index (κ3) is 4.18. The predicted octanol–water partition coefficient (Wildman–Crippen LogP) is 2.24. The van der Waals surface area contributed by atoms with Crippen LogP contribution in [0.15, 0.2) is 0 Å². The fourth-order valence-electron chi connectivity index (χ4n) is 3.78. The van der Waals surface area contributed by atoms with Gasteiger partial charge in [0.05, 0.1) is 0 Å². The Kier molecular flexibility index (Phi) is 5.64. The number of piperazine rings is 1. The van der Waals surface area contributed by atoms with E-state index in [0.29, 0.717) is 24.5 Å². The number of nitrogens with one attached hydrogen (secondary N) is 1. The quantitative estimate of drug-likeness (QED) is 0.768. The maximum absolute atomic E-state index is 10.8. The third-order valence-electron chi connectivity index (χ3n) is 4.69. The molecule has 0 spiro atoms. The Morgan fingerprint density at radius 2 is 1.89 bits per heavy atom. The van der Waals surface area contributed by atoms with Crippen LogP contribution in [0.25, 0.3) is 0 Å². The minimum atomic E-state index is -0.668. The van der Waals surface area contributed by atoms with Crippen molar-refractivity contribution in [3.63, 3.8) is 0 Å². The van der Waals surface area contributed by atoms with Gasteiger partial charge in [0.25, 0.3) is 0 Å². The molecule has 2 unspecified atom stereocenters. The van der Waals surface area contributed by atoms with Gasteiger partial charge >= 0.3 is 5.97 Å². The summed E-state index contributed by atoms with van der Waals surface area (Å²) in [5.41, 5.74) is 0. The van der Waals surface area contributed by atoms with E-state index in [1.54, 1.807) is 0 Å². The molecular formula is C15H28N2O2. The van der Waals surface area contributed by atoms with Crippen molar-refractivity contribution in [2.24, 2.45) is 0 Å². The van der Waals surface area contributed by atoms with Crippen LogP contribution in [0.5, 0.6) is 0 Å². The van der Waals surface area contributed by atoms with Gasteiger partial charge in [-0.3, -0.25) is 9.69 Å². The summed E-state index contributed by atoms with van der Waals surface area (Å²) >= 11 is 0. The molecule has 1 aliphatic carbocycles. The Morgan fingerprint density at radius 1 is 1.21 bits per heavy atom. The SMILES string of the molecule is CC1CNCC(CCC(=O)O)N1C1CCCCCC1. The number of carbonyl (C=O) groups is 1. The number of nitrogens with zero attached hydrogens (tertiary/aromatic N) is 1. The maximum atomic E-state index is 10.8. The van der Waals surface area contributed by atoms with E-state index in [9.17, 15) is 4.79 Å². The van der Waals surface area contributed by atoms with Crippen molar-refractivity contribution < 1.29 is 9.90 Å². The van der Waals surface area contributed by atoms with Gasteiger partial charge in [0.15, 0.2) is 0 Å². The minimum absolute atomic E-state index is 0.294. The van der Waals surface area contributed by atoms with Crippen LogP contribution in [0.1, 0.15) is 58.3 Å². The first-order chi connectivity index (χ1) is 9.18. The number of hydrogen-bond acceptors (Lipinski definition) is 3. The third-order valence-corrected chi connectivity index (χ3v) is 4.69. The van der Waals surface area contributed by atoms with Crippen molar-refractivity contribution in [2.45, 2.75) is 76.4 Å². The molecule has 2 fully saturated rings. The van der Waals surface area contributed by atoms with Crippen LogP contribution in [0.4, 0.5) is 0 Å². The molecule has 2 rings (SSSR count). The number of carboxylic acids is 1. The Bertz CT molecular complexity index is 288. The van der Waals surface area contributed by atoms with Gasteiger partial charge in [-0.2, -0.15) is 0 Å². The zero-order valence-corrected chi connectivity index (χ0v) is 12.1. The summed E-state index contributed by atoms with van der Waals surface area (Å²) in [5.74, 6) is -0.668. The van der Waals surface area contributed by atoms with E-state index in [0.717, 1.165) is 19.5 Å². The summed E-state index contributed by atoms with van der Waals surface area (Å²) in [6, 6.07) is 1.62. The highest BCUT2D eigenvalue weighted by Gasteiger charge is 2.33. The molecule has 2 atom stereocenters. The summed E-state index contributed by atoms with van der Waals surface area (Å²) in [6.45, 7) is 4.28. The molecular weight excluding hydrogens is 240 g/mol. The summed E-state index contributed by atoms with van der Waals surface area (Å²) in [7, 11) is 0. The van der Waals surface area contributed by atoms with Crippen molar-refractivity contribution >= 4 is 5.97 Å². The molecule has 1 heterocycles. The van der Waals surface area contributed by atoms with Gasteiger partial charge in [-0.05, 0) is 26.2 Å². The van der Waals surface area contributed by atoms with E-state index >= 15 is 0 Å². The fraction of sp³-hybridized carbons (Fsp3) is 0.933. The normalized spacial score (nSPS) is 31.0. The largest absolute Gasteiger partial charge is 0.481 e. The van der Waals surface area contributed by atoms with Crippen LogP contribution in [0, 0.1) is 0 Å². The van der Waals surface area contributed by atoms with Gasteiger partial charge in [-0.15, -0.1) is 0 Å². The lowest BCUT2D eigenvalue weighted by Gasteiger charge is -2.46. The number of carboxylic acid groups (broad SMARTS) is 1. The first-order valence-corrected chi connectivity index (χ1v) is 7.88. The topological polar surface area (TPSA) is 52.6 Å². The first kappa shape index (κ1) is 14.8. The molecule has 0 amide bonds. The first-order valence-electron chi connectivity index (χ1n) is 7.88. The summed E-state index contributed by atoms with van der Waals surface area (Å²) in [5, 5.41) is 12.4. The lowest BCUT2D eigenvalue weighted by Crippen LogP contribution is -2.59. The van der Waals surface area contributed by atoms with Crippen molar-refractivity contribution in [3.8, 4) is 0 Å². The van der Waals surface area contributed by atoms with E-state index in [1.807, 2.05) is 0 Å². The highest BCUT2D eigenvalue weighted by molar-refractivity contribution is 5.66. The van der Waals surface area contributed by atoms with Crippen LogP contribution in [0.3, 0.4) is 0 Å². The molecule has 19 heavy (non-hydrogen) atoms. The highest BCUT2D eigenvalue weighted by atomic mass is 16.4. The molecule has 1 aliphatic heterocycles. The number of rotatable bonds is 4. The summed E-state index contributed by atoms with van der Waals surface area (Å²) in [4.78, 5) is 13.5. The van der Waals surface area contributed by atoms with E-state index < -0.39 is 5.97 Å². The molecule has 1 saturated heterocycles. The maximum Gasteiger partial charge on any atom is 0.303 e. The molecule has 4 nitrogen and oxygen atoms in total. The van der Waals surface area contributed by atoms with Crippen molar-refractivity contribution in [3.05, 3.63) is 0 Å². The molecule has 0 radical (unpaired) electrons. The molecule has 2 N–H and O–H groups in total. The Labute approximate surface area is 116 Å². The zero-order valence-electron chi connectivity index (χ0n) is 12.1. The second kappa shape index (κ2) is 7.25. The smallest absolute Gasteiger partial charge is 0.303 e. The van der Waals surface area contributed by atoms with E-state index in [4.69, 9.17) is 5.11 Å². The van der Waals surface area contributed by atoms with E-state index in [2.05, 4.69) is 17.1 Å². The predicted molar refractivity (Wildman–Crippen MR) is 76.3 cm³/mol. The summed E-state index contributed by atoms with van der Waals surface area (Å²) in [6.07, 6.45) is 9.10. The lowest BCUT2D eigenvalue weighted by atomic mass is 9.97. The monoisotopic (exact) mass is 268 g/mol. The van der Waals surface area contributed by atoms with Crippen LogP contribution in [0.2, 0.25) is 0 Å². The van der Waals surface area contributed by atoms with Crippen LogP contribution >= 0.6 is 0 Å². The molecule has 0 bridgehead atoms. The number of aliphatic carboxylic acids is 1. The number of hydrogen-bond donors (Lipinski definition) is 2. The molecule has 1 saturated carbocycles. The van der Waals surface area contributed by atoms with Gasteiger partial charge in [0, 0.05) is 37.6 Å². The molecule has 2 aliphatic rings. The van der Waals surface area contributed by atoms with Crippen LogP contribution in [-0.4, -0.2) is 47.2 Å². The second-order valence-electron chi connectivity index (χ2n) is 6.19. The zero-order chi connectivity index (χ0) is 13.7. The molecule has 110 valence electrons. The molecule has 0 aromatic heterocycles. The molecule has 0 aromatic carbocycles. The average Bonchev–Trinajstić information content (AvgIpc) is 2.65. The van der Waals surface area contributed by atoms with Gasteiger partial charge in [-0.1, -0.05) is 25.7 Å². The minimum Gasteiger partial charge on any atom is -0.481 e. The van der Waals surface area contributed by atoms with E-state index in [-0.39, 0.29) is 0 Å². The van der Waals surface area contributed by atoms with Gasteiger partial charge in [0.1, 0.15) is 0 Å². The van der Waals surface area contributed by atoms with E-state index in [1.165, 1.54) is 38.5 Å². The molecule has 4 heteroatoms. The van der Waals surface area contributed by atoms with Crippen molar-refractivity contribution in [2.75, 3.05) is 13.1 Å². The molecule has 0 aromatic rings. The van der Waals surface area contributed by atoms with Crippen LogP contribution in [-0.2, 0) is 4.79 Å². The highest BCUT2D eigenvalue weighted by Crippen LogP contribution is 2.27. The van der Waals surface area contributed by atoms with Gasteiger partial charge in [-0.25, -0.2) is 0 Å². The average molecular weight is 268 g/mol. The van der Waals surface area contributed by atoms with Crippen molar-refractivity contribution in [1.82, 2.24) is 10.2 Å². The standard InChI is InChI=1S/C15H28N2O2/c1-12-10-16-11-14(8-9-15(18)19)17(12)13-6-4-2-3-5-7-13/h12-14,16H,2-11H2,1H3,(H,18,19). The van der Waals surface area contributed by atoms with Crippen molar-refractivity contribution in [1.29, 1.82) is 0 Å². The fourth-order valence-corrected chi connectivity index (χ4v) is 3.78.